The van der Waals surface area contributed by atoms with Crippen LogP contribution in [0, 0.1) is 0 Å². The Morgan fingerprint density at radius 3 is 2.87 bits per heavy atom. The van der Waals surface area contributed by atoms with Crippen molar-refractivity contribution in [3.63, 3.8) is 0 Å². The fraction of sp³-hybridized carbons (Fsp3) is 0.588. The van der Waals surface area contributed by atoms with Crippen LogP contribution in [0.4, 0.5) is 0 Å². The topological polar surface area (TPSA) is 68.2 Å². The van der Waals surface area contributed by atoms with Gasteiger partial charge in [0.05, 0.1) is 13.7 Å². The van der Waals surface area contributed by atoms with E-state index in [2.05, 4.69) is 11.9 Å². The number of carbonyl (C=O) groups is 1. The first kappa shape index (κ1) is 17.6. The zero-order valence-electron chi connectivity index (χ0n) is 13.9. The molecule has 128 valence electrons. The second-order valence-electron chi connectivity index (χ2n) is 5.71. The van der Waals surface area contributed by atoms with Gasteiger partial charge in [0.1, 0.15) is 6.10 Å². The quantitative estimate of drug-likeness (QED) is 0.805. The molecule has 1 aliphatic heterocycles. The number of benzene rings is 1. The minimum atomic E-state index is -1.32. The molecule has 23 heavy (non-hydrogen) atoms. The van der Waals surface area contributed by atoms with Crippen LogP contribution < -0.4 is 9.47 Å². The number of methoxy groups -OCH3 is 1. The highest BCUT2D eigenvalue weighted by Crippen LogP contribution is 2.32. The first-order valence-electron chi connectivity index (χ1n) is 7.93. The van der Waals surface area contributed by atoms with E-state index < -0.39 is 12.1 Å². The SMILES string of the molecule is CCOC(=O)C(O)c1ccc(OC)c(OC2CCCN(C)C2)c1. The Balaban J connectivity index is 2.16. The zero-order valence-corrected chi connectivity index (χ0v) is 13.9. The van der Waals surface area contributed by atoms with Crippen LogP contribution in [0.2, 0.25) is 0 Å². The highest BCUT2D eigenvalue weighted by molar-refractivity contribution is 5.76. The van der Waals surface area contributed by atoms with E-state index in [4.69, 9.17) is 14.2 Å². The second-order valence-corrected chi connectivity index (χ2v) is 5.71. The standard InChI is InChI=1S/C17H25NO5/c1-4-22-17(20)16(19)12-7-8-14(21-3)15(10-12)23-13-6-5-9-18(2)11-13/h7-8,10,13,16,19H,4-6,9,11H2,1-3H3. The van der Waals surface area contributed by atoms with Crippen molar-refractivity contribution in [1.82, 2.24) is 4.90 Å². The summed E-state index contributed by atoms with van der Waals surface area (Å²) >= 11 is 0. The van der Waals surface area contributed by atoms with Gasteiger partial charge in [-0.3, -0.25) is 0 Å². The molecule has 1 heterocycles. The van der Waals surface area contributed by atoms with Gasteiger partial charge < -0.3 is 24.2 Å². The van der Waals surface area contributed by atoms with Gasteiger partial charge in [0.2, 0.25) is 0 Å². The molecule has 1 aromatic carbocycles. The monoisotopic (exact) mass is 323 g/mol. The number of likely N-dealkylation sites (tertiary alicyclic amines) is 1. The summed E-state index contributed by atoms with van der Waals surface area (Å²) in [6.45, 7) is 3.84. The molecular weight excluding hydrogens is 298 g/mol. The third kappa shape index (κ3) is 4.59. The summed E-state index contributed by atoms with van der Waals surface area (Å²) in [5.41, 5.74) is 0.434. The molecule has 2 unspecified atom stereocenters. The number of likely N-dealkylation sites (N-methyl/N-ethyl adjacent to an activating group) is 1. The van der Waals surface area contributed by atoms with E-state index in [0.717, 1.165) is 25.9 Å². The molecule has 0 saturated carbocycles. The summed E-state index contributed by atoms with van der Waals surface area (Å²) in [6.07, 6.45) is 0.794. The molecule has 1 N–H and O–H groups in total. The summed E-state index contributed by atoms with van der Waals surface area (Å²) in [4.78, 5) is 13.9. The average molecular weight is 323 g/mol. The third-order valence-electron chi connectivity index (χ3n) is 3.89. The van der Waals surface area contributed by atoms with Gasteiger partial charge in [0.25, 0.3) is 0 Å². The molecule has 1 saturated heterocycles. The number of piperidine rings is 1. The van der Waals surface area contributed by atoms with E-state index in [1.54, 1.807) is 32.2 Å². The maximum Gasteiger partial charge on any atom is 0.339 e. The fourth-order valence-electron chi connectivity index (χ4n) is 2.71. The zero-order chi connectivity index (χ0) is 16.8. The number of aliphatic hydroxyl groups is 1. The van der Waals surface area contributed by atoms with Crippen LogP contribution in [0.25, 0.3) is 0 Å². The summed E-state index contributed by atoms with van der Waals surface area (Å²) in [7, 11) is 3.63. The summed E-state index contributed by atoms with van der Waals surface area (Å²) in [6, 6.07) is 4.98. The maximum absolute atomic E-state index is 11.7. The van der Waals surface area contributed by atoms with E-state index >= 15 is 0 Å². The van der Waals surface area contributed by atoms with Crippen molar-refractivity contribution < 1.29 is 24.1 Å². The molecule has 0 bridgehead atoms. The Bertz CT molecular complexity index is 534. The Hall–Kier alpha value is -1.79. The molecule has 1 fully saturated rings. The molecule has 2 rings (SSSR count). The van der Waals surface area contributed by atoms with Gasteiger partial charge >= 0.3 is 5.97 Å². The molecule has 6 heteroatoms. The van der Waals surface area contributed by atoms with Crippen LogP contribution in [0.15, 0.2) is 18.2 Å². The van der Waals surface area contributed by atoms with Gasteiger partial charge in [0.15, 0.2) is 17.6 Å². The largest absolute Gasteiger partial charge is 0.493 e. The molecule has 0 aromatic heterocycles. The molecule has 0 aliphatic carbocycles. The Morgan fingerprint density at radius 2 is 2.22 bits per heavy atom. The van der Waals surface area contributed by atoms with Gasteiger partial charge in [-0.2, -0.15) is 0 Å². The molecule has 0 spiro atoms. The predicted octanol–water partition coefficient (Wildman–Crippen LogP) is 1.76. The summed E-state index contributed by atoms with van der Waals surface area (Å²) in [5.74, 6) is 0.452. The number of esters is 1. The molecular formula is C17H25NO5. The van der Waals surface area contributed by atoms with E-state index in [1.165, 1.54) is 0 Å². The van der Waals surface area contributed by atoms with Gasteiger partial charge in [-0.1, -0.05) is 6.07 Å². The van der Waals surface area contributed by atoms with Gasteiger partial charge in [0, 0.05) is 6.54 Å². The minimum absolute atomic E-state index is 0.0673. The van der Waals surface area contributed by atoms with Crippen LogP contribution >= 0.6 is 0 Å². The maximum atomic E-state index is 11.7. The van der Waals surface area contributed by atoms with Crippen LogP contribution in [0.3, 0.4) is 0 Å². The van der Waals surface area contributed by atoms with Crippen LogP contribution in [-0.4, -0.2) is 55.9 Å². The van der Waals surface area contributed by atoms with Crippen molar-refractivity contribution in [2.24, 2.45) is 0 Å². The Kier molecular flexibility index (Phi) is 6.24. The number of rotatable bonds is 6. The first-order valence-corrected chi connectivity index (χ1v) is 7.93. The highest BCUT2D eigenvalue weighted by atomic mass is 16.5. The minimum Gasteiger partial charge on any atom is -0.493 e. The predicted molar refractivity (Wildman–Crippen MR) is 85.7 cm³/mol. The highest BCUT2D eigenvalue weighted by Gasteiger charge is 2.23. The average Bonchev–Trinajstić information content (AvgIpc) is 2.54. The molecule has 1 aromatic rings. The van der Waals surface area contributed by atoms with Crippen LogP contribution in [0.1, 0.15) is 31.4 Å². The lowest BCUT2D eigenvalue weighted by molar-refractivity contribution is -0.153. The lowest BCUT2D eigenvalue weighted by Crippen LogP contribution is -2.38. The number of hydrogen-bond donors (Lipinski definition) is 1. The van der Waals surface area contributed by atoms with Crippen molar-refractivity contribution in [3.8, 4) is 11.5 Å². The first-order chi connectivity index (χ1) is 11.0. The van der Waals surface area contributed by atoms with E-state index in [9.17, 15) is 9.90 Å². The molecule has 6 nitrogen and oxygen atoms in total. The van der Waals surface area contributed by atoms with Gasteiger partial charge in [-0.15, -0.1) is 0 Å². The Morgan fingerprint density at radius 1 is 1.43 bits per heavy atom. The lowest BCUT2D eigenvalue weighted by Gasteiger charge is -2.30. The smallest absolute Gasteiger partial charge is 0.339 e. The van der Waals surface area contributed by atoms with Crippen molar-refractivity contribution >= 4 is 5.97 Å². The molecule has 0 radical (unpaired) electrons. The lowest BCUT2D eigenvalue weighted by atomic mass is 10.1. The summed E-state index contributed by atoms with van der Waals surface area (Å²) < 4.78 is 16.2. The Labute approximate surface area is 136 Å². The van der Waals surface area contributed by atoms with Crippen molar-refractivity contribution in [2.45, 2.75) is 32.0 Å². The third-order valence-corrected chi connectivity index (χ3v) is 3.89. The van der Waals surface area contributed by atoms with Gasteiger partial charge in [-0.25, -0.2) is 4.79 Å². The second kappa shape index (κ2) is 8.17. The summed E-state index contributed by atoms with van der Waals surface area (Å²) in [5, 5.41) is 10.1. The molecule has 2 atom stereocenters. The number of aliphatic hydroxyl groups excluding tert-OH is 1. The fourth-order valence-corrected chi connectivity index (χ4v) is 2.71. The van der Waals surface area contributed by atoms with Crippen molar-refractivity contribution in [2.75, 3.05) is 33.9 Å². The van der Waals surface area contributed by atoms with Crippen molar-refractivity contribution in [3.05, 3.63) is 23.8 Å². The van der Waals surface area contributed by atoms with Crippen LogP contribution in [-0.2, 0) is 9.53 Å². The van der Waals surface area contributed by atoms with Crippen LogP contribution in [0.5, 0.6) is 11.5 Å². The number of ether oxygens (including phenoxy) is 3. The molecule has 1 aliphatic rings. The van der Waals surface area contributed by atoms with E-state index in [1.807, 2.05) is 0 Å². The number of carbonyl (C=O) groups excluding carboxylic acids is 1. The normalized spacial score (nSPS) is 19.9. The number of hydrogen-bond acceptors (Lipinski definition) is 6. The molecule has 0 amide bonds. The van der Waals surface area contributed by atoms with E-state index in [-0.39, 0.29) is 12.7 Å². The van der Waals surface area contributed by atoms with E-state index in [0.29, 0.717) is 17.1 Å². The number of nitrogens with zero attached hydrogens (tertiary/aromatic N) is 1. The van der Waals surface area contributed by atoms with Crippen molar-refractivity contribution in [1.29, 1.82) is 0 Å². The van der Waals surface area contributed by atoms with Gasteiger partial charge in [-0.05, 0) is 51.1 Å².